The van der Waals surface area contributed by atoms with Crippen molar-refractivity contribution in [1.29, 1.82) is 0 Å². The van der Waals surface area contributed by atoms with E-state index in [4.69, 9.17) is 9.47 Å². The quantitative estimate of drug-likeness (QED) is 0.380. The highest BCUT2D eigenvalue weighted by atomic mass is 16.6. The monoisotopic (exact) mass is 475 g/mol. The van der Waals surface area contributed by atoms with E-state index in [1.165, 1.54) is 30.2 Å². The molecular weight excluding hydrogens is 450 g/mol. The second-order valence-corrected chi connectivity index (χ2v) is 8.33. The molecule has 9 heteroatoms. The van der Waals surface area contributed by atoms with Crippen LogP contribution in [0.25, 0.3) is 0 Å². The standard InChI is InChI=1S/C26H25N3O6/c1-16-5-4-6-23(17(16)2)35-21-10-7-19(8-11-21)27-26(31)18-13-25(30)28(15-18)22-12-9-20(29(32)33)14-24(22)34-3/h4-12,14,18H,13,15H2,1-3H3,(H,27,31)/t18-/m1/s1. The molecule has 4 rings (SSSR count). The van der Waals surface area contributed by atoms with E-state index in [0.29, 0.717) is 17.1 Å². The normalized spacial score (nSPS) is 15.1. The Balaban J connectivity index is 1.41. The van der Waals surface area contributed by atoms with Crippen LogP contribution in [0.5, 0.6) is 17.2 Å². The lowest BCUT2D eigenvalue weighted by Crippen LogP contribution is -2.28. The maximum atomic E-state index is 12.9. The van der Waals surface area contributed by atoms with Crippen molar-refractivity contribution in [2.75, 3.05) is 23.9 Å². The Hall–Kier alpha value is -4.40. The summed E-state index contributed by atoms with van der Waals surface area (Å²) >= 11 is 0. The van der Waals surface area contributed by atoms with Gasteiger partial charge in [-0.25, -0.2) is 0 Å². The van der Waals surface area contributed by atoms with E-state index in [1.54, 1.807) is 24.3 Å². The van der Waals surface area contributed by atoms with Crippen molar-refractivity contribution in [3.63, 3.8) is 0 Å². The lowest BCUT2D eigenvalue weighted by Gasteiger charge is -2.19. The van der Waals surface area contributed by atoms with E-state index < -0.39 is 10.8 Å². The summed E-state index contributed by atoms with van der Waals surface area (Å²) in [4.78, 5) is 37.4. The Bertz CT molecular complexity index is 1290. The Labute approximate surface area is 202 Å². The molecule has 1 aliphatic heterocycles. The molecular formula is C26H25N3O6. The number of ether oxygens (including phenoxy) is 2. The molecule has 0 aliphatic carbocycles. The zero-order valence-electron chi connectivity index (χ0n) is 19.6. The van der Waals surface area contributed by atoms with Crippen LogP contribution in [-0.2, 0) is 9.59 Å². The molecule has 3 aromatic carbocycles. The van der Waals surface area contributed by atoms with Crippen molar-refractivity contribution < 1.29 is 24.0 Å². The molecule has 1 N–H and O–H groups in total. The lowest BCUT2D eigenvalue weighted by molar-refractivity contribution is -0.384. The molecule has 1 atom stereocenters. The van der Waals surface area contributed by atoms with Gasteiger partial charge < -0.3 is 19.7 Å². The molecule has 0 unspecified atom stereocenters. The summed E-state index contributed by atoms with van der Waals surface area (Å²) in [6.07, 6.45) is 0.0276. The second-order valence-electron chi connectivity index (χ2n) is 8.33. The number of amides is 2. The maximum Gasteiger partial charge on any atom is 0.273 e. The number of methoxy groups -OCH3 is 1. The average Bonchev–Trinajstić information content (AvgIpc) is 3.24. The number of anilines is 2. The zero-order chi connectivity index (χ0) is 25.1. The van der Waals surface area contributed by atoms with E-state index in [9.17, 15) is 19.7 Å². The fourth-order valence-electron chi connectivity index (χ4n) is 3.93. The molecule has 1 heterocycles. The van der Waals surface area contributed by atoms with Crippen LogP contribution in [0.3, 0.4) is 0 Å². The van der Waals surface area contributed by atoms with Crippen LogP contribution >= 0.6 is 0 Å². The van der Waals surface area contributed by atoms with E-state index in [1.807, 2.05) is 32.0 Å². The molecule has 1 saturated heterocycles. The van der Waals surface area contributed by atoms with Gasteiger partial charge in [-0.2, -0.15) is 0 Å². The minimum absolute atomic E-state index is 0.0276. The van der Waals surface area contributed by atoms with Gasteiger partial charge in [0.25, 0.3) is 5.69 Å². The van der Waals surface area contributed by atoms with Gasteiger partial charge in [-0.3, -0.25) is 19.7 Å². The first kappa shape index (κ1) is 23.7. The number of hydrogen-bond acceptors (Lipinski definition) is 6. The van der Waals surface area contributed by atoms with Gasteiger partial charge in [0, 0.05) is 24.7 Å². The van der Waals surface area contributed by atoms with Crippen molar-refractivity contribution in [3.05, 3.63) is 81.9 Å². The number of aryl methyl sites for hydroxylation is 1. The number of nitrogens with zero attached hydrogens (tertiary/aromatic N) is 2. The first-order valence-corrected chi connectivity index (χ1v) is 11.0. The molecule has 180 valence electrons. The molecule has 35 heavy (non-hydrogen) atoms. The van der Waals surface area contributed by atoms with Crippen molar-refractivity contribution in [1.82, 2.24) is 0 Å². The van der Waals surface area contributed by atoms with Gasteiger partial charge in [0.2, 0.25) is 11.8 Å². The minimum Gasteiger partial charge on any atom is -0.494 e. The predicted octanol–water partition coefficient (Wildman–Crippen LogP) is 5.00. The van der Waals surface area contributed by atoms with Gasteiger partial charge in [-0.05, 0) is 61.4 Å². The topological polar surface area (TPSA) is 111 Å². The summed E-state index contributed by atoms with van der Waals surface area (Å²) in [5.41, 5.74) is 3.04. The van der Waals surface area contributed by atoms with Gasteiger partial charge in [0.05, 0.1) is 29.7 Å². The number of nitro benzene ring substituents is 1. The summed E-state index contributed by atoms with van der Waals surface area (Å²) in [6, 6.07) is 16.9. The van der Waals surface area contributed by atoms with Crippen molar-refractivity contribution >= 4 is 28.9 Å². The molecule has 1 aliphatic rings. The van der Waals surface area contributed by atoms with Gasteiger partial charge in [0.15, 0.2) is 0 Å². The number of nitrogens with one attached hydrogen (secondary N) is 1. The van der Waals surface area contributed by atoms with Crippen molar-refractivity contribution in [2.24, 2.45) is 5.92 Å². The Kier molecular flexibility index (Phi) is 6.68. The van der Waals surface area contributed by atoms with Crippen molar-refractivity contribution in [3.8, 4) is 17.2 Å². The van der Waals surface area contributed by atoms with Crippen LogP contribution in [0, 0.1) is 29.9 Å². The molecule has 0 saturated carbocycles. The molecule has 0 spiro atoms. The summed E-state index contributed by atoms with van der Waals surface area (Å²) in [5.74, 6) is 0.498. The van der Waals surface area contributed by atoms with Gasteiger partial charge in [-0.15, -0.1) is 0 Å². The lowest BCUT2D eigenvalue weighted by atomic mass is 10.1. The highest BCUT2D eigenvalue weighted by molar-refractivity contribution is 6.04. The summed E-state index contributed by atoms with van der Waals surface area (Å²) in [5, 5.41) is 13.9. The fourth-order valence-corrected chi connectivity index (χ4v) is 3.93. The molecule has 0 radical (unpaired) electrons. The second kappa shape index (κ2) is 9.84. The third-order valence-electron chi connectivity index (χ3n) is 6.07. The van der Waals surface area contributed by atoms with Crippen LogP contribution in [-0.4, -0.2) is 30.4 Å². The number of benzene rings is 3. The predicted molar refractivity (Wildman–Crippen MR) is 131 cm³/mol. The van der Waals surface area contributed by atoms with Gasteiger partial charge in [0.1, 0.15) is 17.2 Å². The Morgan fingerprint density at radius 1 is 1.09 bits per heavy atom. The molecule has 0 aromatic heterocycles. The first-order valence-electron chi connectivity index (χ1n) is 11.0. The number of hydrogen-bond donors (Lipinski definition) is 1. The summed E-state index contributed by atoms with van der Waals surface area (Å²) in [6.45, 7) is 4.16. The van der Waals surface area contributed by atoms with Crippen LogP contribution in [0.4, 0.5) is 17.1 Å². The maximum absolute atomic E-state index is 12.9. The largest absolute Gasteiger partial charge is 0.494 e. The number of carbonyl (C=O) groups is 2. The molecule has 0 bridgehead atoms. The SMILES string of the molecule is COc1cc([N+](=O)[O-])ccc1N1C[C@H](C(=O)Nc2ccc(Oc3cccc(C)c3C)cc2)CC1=O. The van der Waals surface area contributed by atoms with E-state index >= 15 is 0 Å². The van der Waals surface area contributed by atoms with E-state index in [-0.39, 0.29) is 36.2 Å². The van der Waals surface area contributed by atoms with Crippen LogP contribution in [0.1, 0.15) is 17.5 Å². The molecule has 3 aromatic rings. The molecule has 1 fully saturated rings. The first-order chi connectivity index (χ1) is 16.8. The Morgan fingerprint density at radius 2 is 1.83 bits per heavy atom. The molecule has 2 amide bonds. The number of non-ortho nitro benzene ring substituents is 1. The van der Waals surface area contributed by atoms with Crippen molar-refractivity contribution in [2.45, 2.75) is 20.3 Å². The van der Waals surface area contributed by atoms with Crippen LogP contribution in [0.15, 0.2) is 60.7 Å². The smallest absolute Gasteiger partial charge is 0.273 e. The summed E-state index contributed by atoms with van der Waals surface area (Å²) in [7, 11) is 1.38. The van der Waals surface area contributed by atoms with Gasteiger partial charge in [-0.1, -0.05) is 12.1 Å². The highest BCUT2D eigenvalue weighted by Crippen LogP contribution is 2.36. The fraction of sp³-hybridized carbons (Fsp3) is 0.231. The zero-order valence-corrected chi connectivity index (χ0v) is 19.6. The number of nitro groups is 1. The Morgan fingerprint density at radius 3 is 2.51 bits per heavy atom. The summed E-state index contributed by atoms with van der Waals surface area (Å²) < 4.78 is 11.2. The number of rotatable bonds is 7. The van der Waals surface area contributed by atoms with Gasteiger partial charge >= 0.3 is 0 Å². The van der Waals surface area contributed by atoms with Crippen LogP contribution < -0.4 is 19.7 Å². The average molecular weight is 476 g/mol. The van der Waals surface area contributed by atoms with E-state index in [0.717, 1.165) is 16.9 Å². The third-order valence-corrected chi connectivity index (χ3v) is 6.07. The number of carbonyl (C=O) groups excluding carboxylic acids is 2. The van der Waals surface area contributed by atoms with Crippen LogP contribution in [0.2, 0.25) is 0 Å². The third kappa shape index (κ3) is 5.08. The molecule has 9 nitrogen and oxygen atoms in total. The highest BCUT2D eigenvalue weighted by Gasteiger charge is 2.36. The van der Waals surface area contributed by atoms with E-state index in [2.05, 4.69) is 5.32 Å². The minimum atomic E-state index is -0.576.